The van der Waals surface area contributed by atoms with Crippen molar-refractivity contribution in [3.05, 3.63) is 0 Å². The molecule has 1 heteroatoms. The van der Waals surface area contributed by atoms with E-state index >= 15 is 0 Å². The highest BCUT2D eigenvalue weighted by molar-refractivity contribution is 4.70. The van der Waals surface area contributed by atoms with Crippen LogP contribution in [0.5, 0.6) is 0 Å². The molecule has 1 rings (SSSR count). The van der Waals surface area contributed by atoms with Gasteiger partial charge in [-0.05, 0) is 13.8 Å². The first-order valence-electron chi connectivity index (χ1n) is 2.05. The van der Waals surface area contributed by atoms with Crippen molar-refractivity contribution < 1.29 is 5.32 Å². The van der Waals surface area contributed by atoms with Crippen LogP contribution in [0.2, 0.25) is 0 Å². The van der Waals surface area contributed by atoms with Crippen LogP contribution in [-0.4, -0.2) is 12.1 Å². The fraction of sp³-hybridized carbons (Fsp3) is 1.00. The van der Waals surface area contributed by atoms with Crippen LogP contribution in [0.25, 0.3) is 0 Å². The SMILES string of the molecule is CC1(C)C[NH2+]1. The van der Waals surface area contributed by atoms with E-state index in [9.17, 15) is 0 Å². The molecule has 0 spiro atoms. The molecule has 0 atom stereocenters. The summed E-state index contributed by atoms with van der Waals surface area (Å²) in [6.07, 6.45) is 0. The van der Waals surface area contributed by atoms with Crippen molar-refractivity contribution in [2.24, 2.45) is 0 Å². The molecule has 30 valence electrons. The van der Waals surface area contributed by atoms with Crippen LogP contribution in [-0.2, 0) is 0 Å². The van der Waals surface area contributed by atoms with E-state index in [2.05, 4.69) is 19.2 Å². The Balaban J connectivity index is 2.38. The molecular weight excluding hydrogens is 62.1 g/mol. The van der Waals surface area contributed by atoms with Gasteiger partial charge in [-0.1, -0.05) is 0 Å². The Bertz CT molecular complexity index is 41.6. The van der Waals surface area contributed by atoms with E-state index in [0.29, 0.717) is 5.54 Å². The average Bonchev–Trinajstić information content (AvgIpc) is 1.76. The first kappa shape index (κ1) is 3.16. The van der Waals surface area contributed by atoms with Gasteiger partial charge in [-0.2, -0.15) is 0 Å². The van der Waals surface area contributed by atoms with Crippen LogP contribution in [0.1, 0.15) is 13.8 Å². The van der Waals surface area contributed by atoms with Gasteiger partial charge in [0.25, 0.3) is 0 Å². The molecule has 1 aliphatic rings. The molecule has 5 heavy (non-hydrogen) atoms. The zero-order valence-corrected chi connectivity index (χ0v) is 3.78. The summed E-state index contributed by atoms with van der Waals surface area (Å²) in [6, 6.07) is 0. The van der Waals surface area contributed by atoms with Crippen LogP contribution in [0, 0.1) is 0 Å². The van der Waals surface area contributed by atoms with Crippen molar-refractivity contribution >= 4 is 0 Å². The maximum Gasteiger partial charge on any atom is 0.140 e. The molecule has 0 aromatic carbocycles. The van der Waals surface area contributed by atoms with Gasteiger partial charge in [0.1, 0.15) is 12.1 Å². The molecule has 0 aromatic heterocycles. The minimum absolute atomic E-state index is 0.625. The molecule has 1 nitrogen and oxygen atoms in total. The standard InChI is InChI=1S/C4H9N/c1-4(2)3-5-4/h5H,3H2,1-2H3/p+1. The van der Waals surface area contributed by atoms with Crippen LogP contribution < -0.4 is 5.32 Å². The minimum atomic E-state index is 0.625. The Labute approximate surface area is 32.4 Å². The second-order valence-electron chi connectivity index (χ2n) is 2.40. The Morgan fingerprint density at radius 3 is 1.80 bits per heavy atom. The number of hydrogen-bond donors (Lipinski definition) is 1. The van der Waals surface area contributed by atoms with Gasteiger partial charge in [-0.15, -0.1) is 0 Å². The molecule has 1 fully saturated rings. The van der Waals surface area contributed by atoms with E-state index in [1.54, 1.807) is 0 Å². The highest BCUT2D eigenvalue weighted by Crippen LogP contribution is 1.97. The fourth-order valence-corrected chi connectivity index (χ4v) is 0.204. The van der Waals surface area contributed by atoms with Gasteiger partial charge in [0.2, 0.25) is 0 Å². The summed E-state index contributed by atoms with van der Waals surface area (Å²) < 4.78 is 0. The van der Waals surface area contributed by atoms with Crippen molar-refractivity contribution in [2.45, 2.75) is 19.4 Å². The molecule has 0 aromatic rings. The van der Waals surface area contributed by atoms with Gasteiger partial charge >= 0.3 is 0 Å². The Kier molecular flexibility index (Phi) is 0.346. The maximum atomic E-state index is 2.31. The Hall–Kier alpha value is -0.0400. The van der Waals surface area contributed by atoms with Crippen LogP contribution in [0.15, 0.2) is 0 Å². The van der Waals surface area contributed by atoms with Gasteiger partial charge in [0.05, 0.1) is 0 Å². The summed E-state index contributed by atoms with van der Waals surface area (Å²) in [5, 5.41) is 2.31. The third-order valence-corrected chi connectivity index (χ3v) is 1.02. The Morgan fingerprint density at radius 1 is 1.60 bits per heavy atom. The van der Waals surface area contributed by atoms with Crippen molar-refractivity contribution in [3.63, 3.8) is 0 Å². The molecule has 2 N–H and O–H groups in total. The van der Waals surface area contributed by atoms with E-state index in [4.69, 9.17) is 0 Å². The average molecular weight is 72.1 g/mol. The lowest BCUT2D eigenvalue weighted by atomic mass is 10.3. The van der Waals surface area contributed by atoms with E-state index in [0.717, 1.165) is 0 Å². The molecule has 0 radical (unpaired) electrons. The lowest BCUT2D eigenvalue weighted by Gasteiger charge is -1.77. The van der Waals surface area contributed by atoms with Crippen LogP contribution in [0.4, 0.5) is 0 Å². The maximum absolute atomic E-state index is 2.31. The summed E-state index contributed by atoms with van der Waals surface area (Å²) in [7, 11) is 0. The molecular formula is C4H10N+. The lowest BCUT2D eigenvalue weighted by molar-refractivity contribution is -0.517. The van der Waals surface area contributed by atoms with E-state index in [1.165, 1.54) is 6.54 Å². The second-order valence-corrected chi connectivity index (χ2v) is 2.40. The molecule has 0 saturated carbocycles. The predicted molar refractivity (Wildman–Crippen MR) is 20.9 cm³/mol. The topological polar surface area (TPSA) is 16.6 Å². The van der Waals surface area contributed by atoms with Gasteiger partial charge in [-0.25, -0.2) is 0 Å². The summed E-state index contributed by atoms with van der Waals surface area (Å²) in [4.78, 5) is 0. The monoisotopic (exact) mass is 72.1 g/mol. The molecule has 0 bridgehead atoms. The van der Waals surface area contributed by atoms with Gasteiger partial charge in [0, 0.05) is 0 Å². The lowest BCUT2D eigenvalue weighted by Crippen LogP contribution is -2.63. The van der Waals surface area contributed by atoms with Crippen LogP contribution >= 0.6 is 0 Å². The van der Waals surface area contributed by atoms with Crippen LogP contribution in [0.3, 0.4) is 0 Å². The molecule has 1 aliphatic heterocycles. The molecule has 0 aliphatic carbocycles. The number of hydrogen-bond acceptors (Lipinski definition) is 0. The van der Waals surface area contributed by atoms with Crippen molar-refractivity contribution in [1.82, 2.24) is 0 Å². The summed E-state index contributed by atoms with van der Waals surface area (Å²) >= 11 is 0. The van der Waals surface area contributed by atoms with E-state index < -0.39 is 0 Å². The van der Waals surface area contributed by atoms with Crippen molar-refractivity contribution in [1.29, 1.82) is 0 Å². The third-order valence-electron chi connectivity index (χ3n) is 1.02. The number of nitrogens with two attached hydrogens (primary N) is 1. The third kappa shape index (κ3) is 0.618. The fourth-order valence-electron chi connectivity index (χ4n) is 0.204. The van der Waals surface area contributed by atoms with Gasteiger partial charge in [0.15, 0.2) is 0 Å². The summed E-state index contributed by atoms with van der Waals surface area (Å²) in [6.45, 7) is 5.81. The van der Waals surface area contributed by atoms with Gasteiger partial charge in [-0.3, -0.25) is 0 Å². The zero-order valence-electron chi connectivity index (χ0n) is 3.78. The predicted octanol–water partition coefficient (Wildman–Crippen LogP) is -0.658. The normalized spacial score (nSPS) is 30.0. The quantitative estimate of drug-likeness (QED) is 0.366. The number of quaternary nitrogens is 1. The molecule has 0 amide bonds. The highest BCUT2D eigenvalue weighted by Gasteiger charge is 2.37. The summed E-state index contributed by atoms with van der Waals surface area (Å²) in [5.74, 6) is 0. The van der Waals surface area contributed by atoms with Crippen molar-refractivity contribution in [3.8, 4) is 0 Å². The van der Waals surface area contributed by atoms with Gasteiger partial charge < -0.3 is 5.32 Å². The molecule has 1 heterocycles. The summed E-state index contributed by atoms with van der Waals surface area (Å²) in [5.41, 5.74) is 0.625. The van der Waals surface area contributed by atoms with E-state index in [-0.39, 0.29) is 0 Å². The molecule has 0 unspecified atom stereocenters. The van der Waals surface area contributed by atoms with E-state index in [1.807, 2.05) is 0 Å². The smallest absolute Gasteiger partial charge is 0.140 e. The van der Waals surface area contributed by atoms with Crippen molar-refractivity contribution in [2.75, 3.05) is 6.54 Å². The molecule has 1 saturated heterocycles. The minimum Gasteiger partial charge on any atom is -0.332 e. The largest absolute Gasteiger partial charge is 0.332 e. The first-order chi connectivity index (χ1) is 2.21. The highest BCUT2D eigenvalue weighted by atomic mass is 15.1. The Morgan fingerprint density at radius 2 is 1.80 bits per heavy atom. The second kappa shape index (κ2) is 0.548. The zero-order chi connectivity index (χ0) is 3.91. The number of rotatable bonds is 0. The first-order valence-corrected chi connectivity index (χ1v) is 2.05.